The van der Waals surface area contributed by atoms with Gasteiger partial charge in [-0.25, -0.2) is 19.6 Å². The Morgan fingerprint density at radius 1 is 0.800 bits per heavy atom. The maximum Gasteiger partial charge on any atom is 0.430 e. The number of hydrogen-bond donors (Lipinski definition) is 0. The van der Waals surface area contributed by atoms with Crippen LogP contribution in [0.3, 0.4) is 0 Å². The van der Waals surface area contributed by atoms with Gasteiger partial charge in [0.2, 0.25) is 0 Å². The highest BCUT2D eigenvalue weighted by atomic mass is 16.6. The van der Waals surface area contributed by atoms with Crippen molar-refractivity contribution in [2.75, 3.05) is 0 Å². The van der Waals surface area contributed by atoms with E-state index in [1.54, 1.807) is 41.5 Å². The van der Waals surface area contributed by atoms with E-state index in [1.807, 2.05) is 12.2 Å². The summed E-state index contributed by atoms with van der Waals surface area (Å²) in [6.45, 7) is 10.7. The Balaban J connectivity index is 2.07. The third-order valence-electron chi connectivity index (χ3n) is 2.81. The molecule has 112 valence electrons. The summed E-state index contributed by atoms with van der Waals surface area (Å²) in [5.74, 6) is 0. The zero-order chi connectivity index (χ0) is 15.3. The summed E-state index contributed by atoms with van der Waals surface area (Å²) >= 11 is 0. The Bertz CT molecular complexity index is 417. The highest BCUT2D eigenvalue weighted by Gasteiger charge is 2.56. The Morgan fingerprint density at radius 3 is 1.30 bits per heavy atom. The molecule has 2 amide bonds. The van der Waals surface area contributed by atoms with Crippen LogP contribution in [0, 0.1) is 0 Å². The van der Waals surface area contributed by atoms with Crippen molar-refractivity contribution in [2.45, 2.75) is 64.8 Å². The second-order valence-corrected chi connectivity index (χ2v) is 7.02. The zero-order valence-electron chi connectivity index (χ0n) is 12.8. The van der Waals surface area contributed by atoms with Crippen molar-refractivity contribution >= 4 is 12.2 Å². The number of ether oxygens (including phenoxy) is 2. The van der Waals surface area contributed by atoms with Crippen LogP contribution in [0.1, 0.15) is 41.5 Å². The second kappa shape index (κ2) is 4.40. The van der Waals surface area contributed by atoms with E-state index < -0.39 is 23.4 Å². The first-order valence-electron chi connectivity index (χ1n) is 6.72. The molecule has 1 saturated heterocycles. The number of hydrazine groups is 1. The van der Waals surface area contributed by atoms with Gasteiger partial charge in [-0.15, -0.1) is 0 Å². The number of rotatable bonds is 0. The molecule has 0 N–H and O–H groups in total. The molecule has 0 bridgehead atoms. The van der Waals surface area contributed by atoms with Crippen LogP contribution in [0.5, 0.6) is 0 Å². The molecule has 2 atom stereocenters. The van der Waals surface area contributed by atoms with Crippen LogP contribution >= 0.6 is 0 Å². The molecule has 1 heterocycles. The van der Waals surface area contributed by atoms with E-state index in [-0.39, 0.29) is 12.1 Å². The number of carbonyl (C=O) groups is 2. The number of nitrogens with zero attached hydrogens (tertiary/aromatic N) is 2. The third kappa shape index (κ3) is 2.73. The Kier molecular flexibility index (Phi) is 3.23. The van der Waals surface area contributed by atoms with Crippen LogP contribution in [0.25, 0.3) is 0 Å². The Morgan fingerprint density at radius 2 is 1.10 bits per heavy atom. The number of carbonyl (C=O) groups excluding carboxylic acids is 2. The molecular weight excluding hydrogens is 260 g/mol. The smallest absolute Gasteiger partial charge is 0.430 e. The lowest BCUT2D eigenvalue weighted by atomic mass is 9.91. The van der Waals surface area contributed by atoms with Gasteiger partial charge in [0.05, 0.1) is 0 Å². The van der Waals surface area contributed by atoms with Gasteiger partial charge in [-0.3, -0.25) is 0 Å². The molecule has 20 heavy (non-hydrogen) atoms. The lowest BCUT2D eigenvalue weighted by Gasteiger charge is -2.57. The van der Waals surface area contributed by atoms with Gasteiger partial charge in [0.25, 0.3) is 0 Å². The van der Waals surface area contributed by atoms with E-state index in [0.29, 0.717) is 0 Å². The molecule has 0 aromatic heterocycles. The molecule has 1 aliphatic heterocycles. The fourth-order valence-corrected chi connectivity index (χ4v) is 2.02. The van der Waals surface area contributed by atoms with Crippen molar-refractivity contribution in [1.82, 2.24) is 10.0 Å². The minimum atomic E-state index is -0.602. The van der Waals surface area contributed by atoms with Gasteiger partial charge in [-0.1, -0.05) is 12.2 Å². The largest absolute Gasteiger partial charge is 0.442 e. The normalized spacial score (nSPS) is 24.5. The van der Waals surface area contributed by atoms with E-state index >= 15 is 0 Å². The summed E-state index contributed by atoms with van der Waals surface area (Å²) in [6, 6.07) is -0.199. The van der Waals surface area contributed by atoms with Gasteiger partial charge in [0.15, 0.2) is 0 Å². The highest BCUT2D eigenvalue weighted by Crippen LogP contribution is 2.37. The summed E-state index contributed by atoms with van der Waals surface area (Å²) in [5.41, 5.74) is -1.20. The highest BCUT2D eigenvalue weighted by molar-refractivity contribution is 5.79. The topological polar surface area (TPSA) is 59.1 Å². The van der Waals surface area contributed by atoms with Crippen LogP contribution < -0.4 is 0 Å². The van der Waals surface area contributed by atoms with E-state index in [0.717, 1.165) is 0 Å². The van der Waals surface area contributed by atoms with Gasteiger partial charge in [0, 0.05) is 0 Å². The van der Waals surface area contributed by atoms with Crippen LogP contribution in [0.15, 0.2) is 12.2 Å². The molecule has 0 aromatic rings. The predicted molar refractivity (Wildman–Crippen MR) is 72.9 cm³/mol. The summed E-state index contributed by atoms with van der Waals surface area (Å²) < 4.78 is 10.6. The fourth-order valence-electron chi connectivity index (χ4n) is 2.02. The van der Waals surface area contributed by atoms with Crippen molar-refractivity contribution in [3.63, 3.8) is 0 Å². The second-order valence-electron chi connectivity index (χ2n) is 7.02. The molecular formula is C14H22N2O4. The lowest BCUT2D eigenvalue weighted by Crippen LogP contribution is -2.76. The van der Waals surface area contributed by atoms with Crippen LogP contribution in [0.2, 0.25) is 0 Å². The minimum Gasteiger partial charge on any atom is -0.442 e. The first-order chi connectivity index (χ1) is 8.99. The molecule has 2 rings (SSSR count). The van der Waals surface area contributed by atoms with Gasteiger partial charge in [-0.2, -0.15) is 0 Å². The minimum absolute atomic E-state index is 0.0997. The maximum absolute atomic E-state index is 12.1. The van der Waals surface area contributed by atoms with Gasteiger partial charge >= 0.3 is 12.2 Å². The van der Waals surface area contributed by atoms with E-state index in [9.17, 15) is 9.59 Å². The number of amides is 2. The summed E-state index contributed by atoms with van der Waals surface area (Å²) in [7, 11) is 0. The molecule has 0 aromatic carbocycles. The standard InChI is InChI=1S/C14H22N2O4/c1-13(2,3)19-11(17)15-9-7-8-10(9)16(15)12(18)20-14(4,5)6/h7-10H,1-6H3. The van der Waals surface area contributed by atoms with Crippen LogP contribution in [-0.2, 0) is 9.47 Å². The van der Waals surface area contributed by atoms with Gasteiger partial charge < -0.3 is 9.47 Å². The SMILES string of the molecule is CC(C)(C)OC(=O)N1C2C=CC2N1C(=O)OC(C)(C)C. The summed E-state index contributed by atoms with van der Waals surface area (Å²) in [5, 5.41) is 2.62. The molecule has 0 radical (unpaired) electrons. The van der Waals surface area contributed by atoms with Crippen LogP contribution in [0.4, 0.5) is 9.59 Å². The molecule has 1 aliphatic carbocycles. The van der Waals surface area contributed by atoms with E-state index in [2.05, 4.69) is 0 Å². The molecule has 6 heteroatoms. The zero-order valence-corrected chi connectivity index (χ0v) is 12.8. The van der Waals surface area contributed by atoms with Gasteiger partial charge in [-0.05, 0) is 41.5 Å². The third-order valence-corrected chi connectivity index (χ3v) is 2.81. The van der Waals surface area contributed by atoms with Crippen LogP contribution in [-0.4, -0.2) is 45.5 Å². The quantitative estimate of drug-likeness (QED) is 0.641. The van der Waals surface area contributed by atoms with E-state index in [1.165, 1.54) is 10.0 Å². The van der Waals surface area contributed by atoms with E-state index in [4.69, 9.17) is 9.47 Å². The van der Waals surface area contributed by atoms with Crippen molar-refractivity contribution in [1.29, 1.82) is 0 Å². The molecule has 1 fully saturated rings. The fraction of sp³-hybridized carbons (Fsp3) is 0.714. The molecule has 0 spiro atoms. The Hall–Kier alpha value is -1.72. The van der Waals surface area contributed by atoms with Crippen molar-refractivity contribution in [3.05, 3.63) is 12.2 Å². The summed E-state index contributed by atoms with van der Waals surface area (Å²) in [6.07, 6.45) is 2.67. The first kappa shape index (κ1) is 14.7. The first-order valence-corrected chi connectivity index (χ1v) is 6.72. The molecule has 2 aliphatic rings. The average molecular weight is 282 g/mol. The van der Waals surface area contributed by atoms with Crippen molar-refractivity contribution in [2.24, 2.45) is 0 Å². The monoisotopic (exact) mass is 282 g/mol. The lowest BCUT2D eigenvalue weighted by molar-refractivity contribution is -0.161. The number of fused-ring (bicyclic) bond motifs is 1. The molecule has 6 nitrogen and oxygen atoms in total. The molecule has 0 saturated carbocycles. The average Bonchev–Trinajstić information content (AvgIpc) is 2.15. The molecule has 2 unspecified atom stereocenters. The summed E-state index contributed by atoms with van der Waals surface area (Å²) in [4.78, 5) is 24.3. The number of hydrogen-bond acceptors (Lipinski definition) is 4. The predicted octanol–water partition coefficient (Wildman–Crippen LogP) is 2.70. The Labute approximate surface area is 119 Å². The van der Waals surface area contributed by atoms with Crippen molar-refractivity contribution in [3.8, 4) is 0 Å². The van der Waals surface area contributed by atoms with Crippen molar-refractivity contribution < 1.29 is 19.1 Å². The van der Waals surface area contributed by atoms with Gasteiger partial charge in [0.1, 0.15) is 23.3 Å². The maximum atomic E-state index is 12.1.